The van der Waals surface area contributed by atoms with Gasteiger partial charge in [-0.2, -0.15) is 0 Å². The number of hydrogen-bond acceptors (Lipinski definition) is 4. The summed E-state index contributed by atoms with van der Waals surface area (Å²) in [7, 11) is 1.56. The van der Waals surface area contributed by atoms with Crippen LogP contribution in [0.15, 0.2) is 36.4 Å². The Morgan fingerprint density at radius 1 is 0.960 bits per heavy atom. The molecule has 5 heteroatoms. The summed E-state index contributed by atoms with van der Waals surface area (Å²) in [5, 5.41) is 2.78. The van der Waals surface area contributed by atoms with E-state index in [1.165, 1.54) is 5.56 Å². The summed E-state index contributed by atoms with van der Waals surface area (Å²) in [4.78, 5) is 11.9. The van der Waals surface area contributed by atoms with Gasteiger partial charge in [0.1, 0.15) is 12.4 Å². The van der Waals surface area contributed by atoms with E-state index in [-0.39, 0.29) is 12.5 Å². The van der Waals surface area contributed by atoms with E-state index in [4.69, 9.17) is 14.2 Å². The topological polar surface area (TPSA) is 56.8 Å². The Hall–Kier alpha value is -2.69. The van der Waals surface area contributed by atoms with Gasteiger partial charge in [-0.3, -0.25) is 4.79 Å². The molecule has 134 valence electrons. The van der Waals surface area contributed by atoms with E-state index in [1.807, 2.05) is 32.0 Å². The molecule has 0 saturated heterocycles. The molecule has 1 N–H and O–H groups in total. The highest BCUT2D eigenvalue weighted by atomic mass is 16.5. The Morgan fingerprint density at radius 3 is 2.36 bits per heavy atom. The van der Waals surface area contributed by atoms with Crippen LogP contribution >= 0.6 is 0 Å². The lowest BCUT2D eigenvalue weighted by molar-refractivity contribution is -0.123. The van der Waals surface area contributed by atoms with Crippen LogP contribution in [0.3, 0.4) is 0 Å². The molecular weight excluding hydrogens is 318 g/mol. The maximum absolute atomic E-state index is 11.9. The molecule has 2 rings (SSSR count). The lowest BCUT2D eigenvalue weighted by Gasteiger charge is -2.14. The number of nitrogens with one attached hydrogen (secondary N) is 1. The van der Waals surface area contributed by atoms with E-state index in [1.54, 1.807) is 19.2 Å². The fraction of sp³-hybridized carbons (Fsp3) is 0.350. The van der Waals surface area contributed by atoms with Crippen molar-refractivity contribution in [2.45, 2.75) is 20.8 Å². The number of benzene rings is 2. The van der Waals surface area contributed by atoms with E-state index in [0.717, 1.165) is 16.9 Å². The third-order valence-electron chi connectivity index (χ3n) is 3.97. The van der Waals surface area contributed by atoms with Crippen LogP contribution in [0.2, 0.25) is 0 Å². The van der Waals surface area contributed by atoms with Crippen molar-refractivity contribution in [3.8, 4) is 17.2 Å². The molecule has 0 aliphatic heterocycles. The molecule has 0 aliphatic carbocycles. The van der Waals surface area contributed by atoms with E-state index in [9.17, 15) is 4.79 Å². The minimum absolute atomic E-state index is 0.0666. The minimum Gasteiger partial charge on any atom is -0.493 e. The van der Waals surface area contributed by atoms with Crippen molar-refractivity contribution in [1.82, 2.24) is 5.32 Å². The summed E-state index contributed by atoms with van der Waals surface area (Å²) in [6.45, 7) is 6.87. The van der Waals surface area contributed by atoms with Gasteiger partial charge >= 0.3 is 0 Å². The van der Waals surface area contributed by atoms with Gasteiger partial charge in [-0.25, -0.2) is 0 Å². The van der Waals surface area contributed by atoms with Gasteiger partial charge in [0, 0.05) is 0 Å². The van der Waals surface area contributed by atoms with Crippen molar-refractivity contribution >= 4 is 5.91 Å². The van der Waals surface area contributed by atoms with Crippen LogP contribution in [0.25, 0.3) is 0 Å². The van der Waals surface area contributed by atoms with Gasteiger partial charge in [0.15, 0.2) is 18.1 Å². The number of amides is 1. The largest absolute Gasteiger partial charge is 0.493 e. The lowest BCUT2D eigenvalue weighted by Crippen LogP contribution is -2.32. The molecule has 0 bridgehead atoms. The van der Waals surface area contributed by atoms with Crippen LogP contribution in [0.1, 0.15) is 16.7 Å². The number of rotatable bonds is 8. The second-order valence-corrected chi connectivity index (χ2v) is 5.79. The fourth-order valence-electron chi connectivity index (χ4n) is 2.42. The zero-order valence-corrected chi connectivity index (χ0v) is 15.2. The second-order valence-electron chi connectivity index (χ2n) is 5.79. The SMILES string of the molecule is COc1ccccc1OCC(=O)NCCOc1c(C)ccc(C)c1C. The first kappa shape index (κ1) is 18.6. The number of carbonyl (C=O) groups excluding carboxylic acids is 1. The monoisotopic (exact) mass is 343 g/mol. The molecule has 0 heterocycles. The third kappa shape index (κ3) is 5.14. The molecule has 0 unspecified atom stereocenters. The number of aryl methyl sites for hydroxylation is 2. The highest BCUT2D eigenvalue weighted by molar-refractivity contribution is 5.77. The van der Waals surface area contributed by atoms with Crippen molar-refractivity contribution in [2.24, 2.45) is 0 Å². The quantitative estimate of drug-likeness (QED) is 0.748. The summed E-state index contributed by atoms with van der Waals surface area (Å²) in [6.07, 6.45) is 0. The van der Waals surface area contributed by atoms with Gasteiger partial charge in [-0.15, -0.1) is 0 Å². The van der Waals surface area contributed by atoms with E-state index in [2.05, 4.69) is 18.3 Å². The first-order valence-corrected chi connectivity index (χ1v) is 8.25. The van der Waals surface area contributed by atoms with Crippen LogP contribution in [-0.4, -0.2) is 32.8 Å². The van der Waals surface area contributed by atoms with E-state index < -0.39 is 0 Å². The van der Waals surface area contributed by atoms with E-state index in [0.29, 0.717) is 24.7 Å². The molecule has 0 fully saturated rings. The molecule has 2 aromatic rings. The molecule has 25 heavy (non-hydrogen) atoms. The maximum Gasteiger partial charge on any atom is 0.258 e. The summed E-state index contributed by atoms with van der Waals surface area (Å²) in [6, 6.07) is 11.3. The number of para-hydroxylation sites is 2. The minimum atomic E-state index is -0.202. The van der Waals surface area contributed by atoms with Crippen molar-refractivity contribution in [1.29, 1.82) is 0 Å². The average Bonchev–Trinajstić information content (AvgIpc) is 2.62. The predicted octanol–water partition coefficient (Wildman–Crippen LogP) is 3.19. The Balaban J connectivity index is 1.75. The standard InChI is InChI=1S/C20H25NO4/c1-14-9-10-15(2)20(16(14)3)24-12-11-21-19(22)13-25-18-8-6-5-7-17(18)23-4/h5-10H,11-13H2,1-4H3,(H,21,22). The van der Waals surface area contributed by atoms with Crippen LogP contribution in [0.4, 0.5) is 0 Å². The van der Waals surface area contributed by atoms with Crippen LogP contribution < -0.4 is 19.5 Å². The molecule has 0 aliphatic rings. The number of hydrogen-bond donors (Lipinski definition) is 1. The van der Waals surface area contributed by atoms with Gasteiger partial charge in [0.25, 0.3) is 5.91 Å². The summed E-state index contributed by atoms with van der Waals surface area (Å²) >= 11 is 0. The normalized spacial score (nSPS) is 10.2. The Morgan fingerprint density at radius 2 is 1.64 bits per heavy atom. The maximum atomic E-state index is 11.9. The predicted molar refractivity (Wildman–Crippen MR) is 97.6 cm³/mol. The van der Waals surface area contributed by atoms with Crippen LogP contribution in [0.5, 0.6) is 17.2 Å². The molecule has 0 saturated carbocycles. The number of methoxy groups -OCH3 is 1. The van der Waals surface area contributed by atoms with Crippen molar-refractivity contribution in [3.05, 3.63) is 53.1 Å². The highest BCUT2D eigenvalue weighted by Crippen LogP contribution is 2.26. The van der Waals surface area contributed by atoms with Crippen molar-refractivity contribution in [3.63, 3.8) is 0 Å². The third-order valence-corrected chi connectivity index (χ3v) is 3.97. The first-order chi connectivity index (χ1) is 12.0. The van der Waals surface area contributed by atoms with Crippen molar-refractivity contribution < 1.29 is 19.0 Å². The molecular formula is C20H25NO4. The summed E-state index contributed by atoms with van der Waals surface area (Å²) < 4.78 is 16.5. The molecule has 2 aromatic carbocycles. The average molecular weight is 343 g/mol. The number of ether oxygens (including phenoxy) is 3. The zero-order valence-electron chi connectivity index (χ0n) is 15.2. The Kier molecular flexibility index (Phi) is 6.69. The first-order valence-electron chi connectivity index (χ1n) is 8.25. The van der Waals surface area contributed by atoms with Gasteiger partial charge < -0.3 is 19.5 Å². The fourth-order valence-corrected chi connectivity index (χ4v) is 2.42. The molecule has 0 aromatic heterocycles. The number of carbonyl (C=O) groups is 1. The Labute approximate surface area is 148 Å². The van der Waals surface area contributed by atoms with Crippen LogP contribution in [0, 0.1) is 20.8 Å². The molecule has 5 nitrogen and oxygen atoms in total. The molecule has 1 amide bonds. The van der Waals surface area contributed by atoms with Crippen LogP contribution in [-0.2, 0) is 4.79 Å². The van der Waals surface area contributed by atoms with Gasteiger partial charge in [0.2, 0.25) is 0 Å². The van der Waals surface area contributed by atoms with Gasteiger partial charge in [-0.05, 0) is 49.6 Å². The van der Waals surface area contributed by atoms with Crippen molar-refractivity contribution in [2.75, 3.05) is 26.9 Å². The summed E-state index contributed by atoms with van der Waals surface area (Å²) in [5.41, 5.74) is 3.41. The molecule has 0 spiro atoms. The van der Waals surface area contributed by atoms with Gasteiger partial charge in [-0.1, -0.05) is 24.3 Å². The van der Waals surface area contributed by atoms with E-state index >= 15 is 0 Å². The zero-order chi connectivity index (χ0) is 18.2. The Bertz CT molecular complexity index is 728. The summed E-state index contributed by atoms with van der Waals surface area (Å²) in [5.74, 6) is 1.83. The smallest absolute Gasteiger partial charge is 0.258 e. The molecule has 0 radical (unpaired) electrons. The molecule has 0 atom stereocenters. The lowest BCUT2D eigenvalue weighted by atomic mass is 10.1. The second kappa shape index (κ2) is 8.97. The van der Waals surface area contributed by atoms with Gasteiger partial charge in [0.05, 0.1) is 13.7 Å². The highest BCUT2D eigenvalue weighted by Gasteiger charge is 2.08.